The van der Waals surface area contributed by atoms with Crippen molar-refractivity contribution in [3.05, 3.63) is 33.8 Å². The Hall–Kier alpha value is -0.570. The molecule has 2 rings (SSSR count). The van der Waals surface area contributed by atoms with E-state index in [1.165, 1.54) is 0 Å². The summed E-state index contributed by atoms with van der Waals surface area (Å²) in [6.45, 7) is 0. The first-order valence-corrected chi connectivity index (χ1v) is 6.42. The molecule has 1 fully saturated rings. The van der Waals surface area contributed by atoms with Crippen LogP contribution < -0.4 is 0 Å². The van der Waals surface area contributed by atoms with Crippen molar-refractivity contribution >= 4 is 29.0 Å². The molecule has 4 heteroatoms. The predicted octanol–water partition coefficient (Wildman–Crippen LogP) is 3.41. The Balaban J connectivity index is 2.12. The monoisotopic (exact) mass is 272 g/mol. The number of carbonyl (C=O) groups excluding carboxylic acids is 1. The summed E-state index contributed by atoms with van der Waals surface area (Å²) < 4.78 is 0. The lowest BCUT2D eigenvalue weighted by Crippen LogP contribution is -2.36. The molecule has 1 aromatic carbocycles. The maximum absolute atomic E-state index is 11.2. The lowest BCUT2D eigenvalue weighted by molar-refractivity contribution is -0.125. The van der Waals surface area contributed by atoms with Crippen molar-refractivity contribution in [2.45, 2.75) is 37.7 Å². The van der Waals surface area contributed by atoms with Gasteiger partial charge >= 0.3 is 0 Å². The topological polar surface area (TPSA) is 37.3 Å². The molecule has 92 valence electrons. The summed E-state index contributed by atoms with van der Waals surface area (Å²) in [6.07, 6.45) is 2.44. The Bertz CT molecular complexity index is 433. The van der Waals surface area contributed by atoms with E-state index in [4.69, 9.17) is 23.2 Å². The van der Waals surface area contributed by atoms with Gasteiger partial charge in [-0.05, 0) is 30.5 Å². The van der Waals surface area contributed by atoms with Crippen molar-refractivity contribution < 1.29 is 9.90 Å². The minimum atomic E-state index is -0.800. The highest BCUT2D eigenvalue weighted by Crippen LogP contribution is 2.32. The van der Waals surface area contributed by atoms with Crippen LogP contribution in [-0.4, -0.2) is 16.5 Å². The van der Waals surface area contributed by atoms with Gasteiger partial charge in [-0.15, -0.1) is 0 Å². The molecule has 0 amide bonds. The van der Waals surface area contributed by atoms with Gasteiger partial charge in [0.15, 0.2) is 0 Å². The van der Waals surface area contributed by atoms with Crippen LogP contribution in [-0.2, 0) is 11.2 Å². The van der Waals surface area contributed by atoms with Gasteiger partial charge in [-0.3, -0.25) is 4.79 Å². The number of benzene rings is 1. The Morgan fingerprint density at radius 2 is 1.88 bits per heavy atom. The van der Waals surface area contributed by atoms with Crippen LogP contribution in [0.4, 0.5) is 0 Å². The van der Waals surface area contributed by atoms with E-state index in [-0.39, 0.29) is 5.78 Å². The van der Waals surface area contributed by atoms with Crippen LogP contribution in [0, 0.1) is 0 Å². The van der Waals surface area contributed by atoms with Crippen molar-refractivity contribution in [1.82, 2.24) is 0 Å². The number of carbonyl (C=O) groups is 1. The third-order valence-corrected chi connectivity index (χ3v) is 3.86. The second kappa shape index (κ2) is 4.97. The number of hydrogen-bond donors (Lipinski definition) is 1. The molecule has 0 radical (unpaired) electrons. The molecule has 0 atom stereocenters. The molecule has 0 unspecified atom stereocenters. The van der Waals surface area contributed by atoms with Crippen LogP contribution in [0.15, 0.2) is 18.2 Å². The third kappa shape index (κ3) is 3.21. The largest absolute Gasteiger partial charge is 0.390 e. The lowest BCUT2D eigenvalue weighted by atomic mass is 9.80. The van der Waals surface area contributed by atoms with E-state index in [2.05, 4.69) is 0 Å². The molecule has 0 aromatic heterocycles. The first-order valence-electron chi connectivity index (χ1n) is 5.67. The van der Waals surface area contributed by atoms with Gasteiger partial charge in [0, 0.05) is 29.3 Å². The van der Waals surface area contributed by atoms with Gasteiger partial charge in [0.05, 0.1) is 5.60 Å². The maximum Gasteiger partial charge on any atom is 0.133 e. The van der Waals surface area contributed by atoms with Gasteiger partial charge in [-0.1, -0.05) is 29.3 Å². The van der Waals surface area contributed by atoms with Gasteiger partial charge in [0.2, 0.25) is 0 Å². The molecule has 17 heavy (non-hydrogen) atoms. The Labute approximate surface area is 111 Å². The minimum absolute atomic E-state index is 0.233. The molecule has 0 heterocycles. The van der Waals surface area contributed by atoms with Crippen molar-refractivity contribution in [3.63, 3.8) is 0 Å². The molecule has 1 aromatic rings. The van der Waals surface area contributed by atoms with Crippen LogP contribution in [0.5, 0.6) is 0 Å². The highest BCUT2D eigenvalue weighted by molar-refractivity contribution is 6.35. The molecule has 1 N–H and O–H groups in total. The molecule has 0 saturated heterocycles. The van der Waals surface area contributed by atoms with Crippen molar-refractivity contribution in [3.8, 4) is 0 Å². The number of aliphatic hydroxyl groups is 1. The van der Waals surface area contributed by atoms with Gasteiger partial charge in [0.25, 0.3) is 0 Å². The predicted molar refractivity (Wildman–Crippen MR) is 68.6 cm³/mol. The molecule has 1 aliphatic carbocycles. The van der Waals surface area contributed by atoms with Crippen LogP contribution >= 0.6 is 23.2 Å². The number of Topliss-reactive ketones (excluding diaryl/α,β-unsaturated/α-hetero) is 1. The first kappa shape index (κ1) is 12.9. The molecule has 1 saturated carbocycles. The van der Waals surface area contributed by atoms with Crippen LogP contribution in [0.1, 0.15) is 31.2 Å². The van der Waals surface area contributed by atoms with Crippen molar-refractivity contribution in [2.24, 2.45) is 0 Å². The summed E-state index contributed by atoms with van der Waals surface area (Å²) in [4.78, 5) is 11.2. The summed E-state index contributed by atoms with van der Waals surface area (Å²) in [6, 6.07) is 5.27. The van der Waals surface area contributed by atoms with E-state index >= 15 is 0 Å². The summed E-state index contributed by atoms with van der Waals surface area (Å²) >= 11 is 11.9. The Morgan fingerprint density at radius 1 is 1.24 bits per heavy atom. The number of halogens is 2. The lowest BCUT2D eigenvalue weighted by Gasteiger charge is -2.31. The molecular formula is C13H14Cl2O2. The zero-order chi connectivity index (χ0) is 12.5. The second-order valence-corrected chi connectivity index (χ2v) is 5.52. The Morgan fingerprint density at radius 3 is 2.47 bits per heavy atom. The van der Waals surface area contributed by atoms with Gasteiger partial charge in [-0.25, -0.2) is 0 Å². The molecule has 0 spiro atoms. The highest BCUT2D eigenvalue weighted by Gasteiger charge is 2.32. The minimum Gasteiger partial charge on any atom is -0.390 e. The summed E-state index contributed by atoms with van der Waals surface area (Å²) in [5, 5.41) is 11.6. The van der Waals surface area contributed by atoms with Gasteiger partial charge in [-0.2, -0.15) is 0 Å². The fourth-order valence-corrected chi connectivity index (χ4v) is 2.67. The van der Waals surface area contributed by atoms with Gasteiger partial charge < -0.3 is 5.11 Å². The zero-order valence-corrected chi connectivity index (χ0v) is 10.9. The smallest absolute Gasteiger partial charge is 0.133 e. The normalized spacial score (nSPS) is 19.4. The number of rotatable bonds is 2. The van der Waals surface area contributed by atoms with E-state index in [1.54, 1.807) is 12.1 Å². The third-order valence-electron chi connectivity index (χ3n) is 3.27. The van der Waals surface area contributed by atoms with E-state index in [0.29, 0.717) is 42.1 Å². The second-order valence-electron chi connectivity index (χ2n) is 4.68. The summed E-state index contributed by atoms with van der Waals surface area (Å²) in [5.41, 5.74) is 0.0821. The fourth-order valence-electron chi connectivity index (χ4n) is 2.19. The number of ketones is 1. The zero-order valence-electron chi connectivity index (χ0n) is 9.38. The highest BCUT2D eigenvalue weighted by atomic mass is 35.5. The average molecular weight is 273 g/mol. The van der Waals surface area contributed by atoms with E-state index < -0.39 is 5.60 Å². The molecule has 2 nitrogen and oxygen atoms in total. The molecule has 0 aliphatic heterocycles. The van der Waals surface area contributed by atoms with Crippen molar-refractivity contribution in [2.75, 3.05) is 0 Å². The van der Waals surface area contributed by atoms with E-state index in [9.17, 15) is 9.90 Å². The van der Waals surface area contributed by atoms with Crippen molar-refractivity contribution in [1.29, 1.82) is 0 Å². The summed E-state index contributed by atoms with van der Waals surface area (Å²) in [7, 11) is 0. The van der Waals surface area contributed by atoms with Crippen LogP contribution in [0.25, 0.3) is 0 Å². The van der Waals surface area contributed by atoms with Crippen LogP contribution in [0.3, 0.4) is 0 Å². The van der Waals surface area contributed by atoms with Crippen LogP contribution in [0.2, 0.25) is 10.0 Å². The Kier molecular flexibility index (Phi) is 3.76. The summed E-state index contributed by atoms with van der Waals surface area (Å²) in [5.74, 6) is 0.233. The average Bonchev–Trinajstić information content (AvgIpc) is 2.27. The number of hydrogen-bond acceptors (Lipinski definition) is 2. The maximum atomic E-state index is 11.2. The van der Waals surface area contributed by atoms with E-state index in [0.717, 1.165) is 5.56 Å². The molecule has 1 aliphatic rings. The van der Waals surface area contributed by atoms with Gasteiger partial charge in [0.1, 0.15) is 5.78 Å². The fraction of sp³-hybridized carbons (Fsp3) is 0.462. The quantitative estimate of drug-likeness (QED) is 0.896. The first-order chi connectivity index (χ1) is 7.98. The SMILES string of the molecule is O=C1CCC(O)(Cc2ccc(Cl)cc2Cl)CC1. The van der Waals surface area contributed by atoms with E-state index in [1.807, 2.05) is 6.07 Å². The molecule has 0 bridgehead atoms. The molecular weight excluding hydrogens is 259 g/mol. The standard InChI is InChI=1S/C13H14Cl2O2/c14-10-2-1-9(12(15)7-10)8-13(17)5-3-11(16)4-6-13/h1-2,7,17H,3-6,8H2.